The van der Waals surface area contributed by atoms with Crippen LogP contribution in [0.25, 0.3) is 0 Å². The molecule has 0 aliphatic heterocycles. The van der Waals surface area contributed by atoms with Crippen molar-refractivity contribution in [2.24, 2.45) is 0 Å². The number of hydrogen-bond acceptors (Lipinski definition) is 5. The Morgan fingerprint density at radius 1 is 0.519 bits per heavy atom. The lowest BCUT2D eigenvalue weighted by Crippen LogP contribution is -2.45. The zero-order valence-corrected chi connectivity index (χ0v) is 34.5. The summed E-state index contributed by atoms with van der Waals surface area (Å²) in [6.07, 6.45) is 47.3. The van der Waals surface area contributed by atoms with Gasteiger partial charge in [0, 0.05) is 12.8 Å². The third kappa shape index (κ3) is 38.1. The molecule has 0 rings (SSSR count). The lowest BCUT2D eigenvalue weighted by molar-refractivity contribution is -0.143. The van der Waals surface area contributed by atoms with E-state index < -0.39 is 12.1 Å². The van der Waals surface area contributed by atoms with Gasteiger partial charge in [0.25, 0.3) is 0 Å². The van der Waals surface area contributed by atoms with Crippen molar-refractivity contribution in [3.63, 3.8) is 0 Å². The Bertz CT molecular complexity index is 813. The van der Waals surface area contributed by atoms with Crippen LogP contribution in [0.1, 0.15) is 232 Å². The summed E-state index contributed by atoms with van der Waals surface area (Å²) >= 11 is 0. The minimum absolute atomic E-state index is 0.0359. The first-order chi connectivity index (χ1) is 25.5. The van der Waals surface area contributed by atoms with Crippen molar-refractivity contribution in [2.45, 2.75) is 244 Å². The molecular weight excluding hydrogens is 647 g/mol. The van der Waals surface area contributed by atoms with Crippen molar-refractivity contribution in [1.29, 1.82) is 0 Å². The molecule has 0 bridgehead atoms. The standard InChI is InChI=1S/C46H87NO5/c1-3-5-7-9-11-13-15-16-17-18-19-20-24-28-32-36-40-46(51)52-41-37-33-29-25-21-23-27-31-35-39-45(50)47-43(42-48)44(49)38-34-30-26-22-14-12-10-8-6-4-2/h17-18,34,38,43-44,48-49H,3-16,19-33,35-37,39-42H2,1-2H3,(H,47,50)/b18-17-,38-34+. The maximum Gasteiger partial charge on any atom is 0.305 e. The van der Waals surface area contributed by atoms with Gasteiger partial charge in [-0.2, -0.15) is 0 Å². The number of unbranched alkanes of at least 4 members (excludes halogenated alkanes) is 28. The molecule has 0 saturated heterocycles. The van der Waals surface area contributed by atoms with Crippen molar-refractivity contribution in [2.75, 3.05) is 13.2 Å². The van der Waals surface area contributed by atoms with Gasteiger partial charge in [-0.1, -0.05) is 186 Å². The highest BCUT2D eigenvalue weighted by Gasteiger charge is 2.18. The van der Waals surface area contributed by atoms with E-state index in [1.54, 1.807) is 6.08 Å². The van der Waals surface area contributed by atoms with Gasteiger partial charge in [-0.05, 0) is 57.8 Å². The highest BCUT2D eigenvalue weighted by molar-refractivity contribution is 5.76. The molecule has 0 spiro atoms. The molecule has 1 amide bonds. The summed E-state index contributed by atoms with van der Waals surface area (Å²) in [6, 6.07) is -0.646. The lowest BCUT2D eigenvalue weighted by atomic mass is 10.1. The van der Waals surface area contributed by atoms with Gasteiger partial charge in [0.1, 0.15) is 0 Å². The quantitative estimate of drug-likeness (QED) is 0.0330. The molecule has 306 valence electrons. The fourth-order valence-electron chi connectivity index (χ4n) is 6.68. The Hall–Kier alpha value is -1.66. The van der Waals surface area contributed by atoms with Crippen LogP contribution in [0.5, 0.6) is 0 Å². The molecule has 0 aromatic heterocycles. The molecule has 0 aliphatic carbocycles. The van der Waals surface area contributed by atoms with Crippen LogP contribution >= 0.6 is 0 Å². The molecule has 0 saturated carbocycles. The molecule has 0 fully saturated rings. The fourth-order valence-corrected chi connectivity index (χ4v) is 6.68. The Labute approximate surface area is 322 Å². The van der Waals surface area contributed by atoms with Crippen molar-refractivity contribution in [1.82, 2.24) is 5.32 Å². The first-order valence-corrected chi connectivity index (χ1v) is 22.6. The van der Waals surface area contributed by atoms with E-state index in [-0.39, 0.29) is 18.5 Å². The molecule has 0 aromatic rings. The van der Waals surface area contributed by atoms with E-state index in [1.807, 2.05) is 6.08 Å². The van der Waals surface area contributed by atoms with E-state index >= 15 is 0 Å². The first kappa shape index (κ1) is 50.3. The van der Waals surface area contributed by atoms with Crippen LogP contribution < -0.4 is 5.32 Å². The predicted octanol–water partition coefficient (Wildman–Crippen LogP) is 12.8. The van der Waals surface area contributed by atoms with Crippen molar-refractivity contribution in [3.8, 4) is 0 Å². The van der Waals surface area contributed by atoms with Gasteiger partial charge >= 0.3 is 5.97 Å². The summed E-state index contributed by atoms with van der Waals surface area (Å²) in [5.41, 5.74) is 0. The fraction of sp³-hybridized carbons (Fsp3) is 0.870. The third-order valence-corrected chi connectivity index (χ3v) is 10.2. The minimum Gasteiger partial charge on any atom is -0.466 e. The van der Waals surface area contributed by atoms with Crippen LogP contribution in [0.3, 0.4) is 0 Å². The Kier molecular flexibility index (Phi) is 40.7. The highest BCUT2D eigenvalue weighted by atomic mass is 16.5. The number of ether oxygens (including phenoxy) is 1. The molecule has 0 radical (unpaired) electrons. The molecule has 0 heterocycles. The van der Waals surface area contributed by atoms with E-state index in [9.17, 15) is 19.8 Å². The number of allylic oxidation sites excluding steroid dienone is 3. The number of hydrogen-bond donors (Lipinski definition) is 3. The van der Waals surface area contributed by atoms with Gasteiger partial charge < -0.3 is 20.3 Å². The second-order valence-corrected chi connectivity index (χ2v) is 15.4. The maximum atomic E-state index is 12.3. The molecular formula is C46H87NO5. The molecule has 2 atom stereocenters. The second-order valence-electron chi connectivity index (χ2n) is 15.4. The average Bonchev–Trinajstić information content (AvgIpc) is 3.14. The highest BCUT2D eigenvalue weighted by Crippen LogP contribution is 2.14. The maximum absolute atomic E-state index is 12.3. The van der Waals surface area contributed by atoms with Crippen molar-refractivity contribution in [3.05, 3.63) is 24.3 Å². The van der Waals surface area contributed by atoms with Crippen LogP contribution in [0.2, 0.25) is 0 Å². The van der Waals surface area contributed by atoms with Gasteiger partial charge in [-0.3, -0.25) is 9.59 Å². The van der Waals surface area contributed by atoms with Crippen LogP contribution in [-0.4, -0.2) is 47.4 Å². The van der Waals surface area contributed by atoms with E-state index in [2.05, 4.69) is 31.3 Å². The second kappa shape index (κ2) is 42.1. The number of nitrogens with one attached hydrogen (secondary N) is 1. The third-order valence-electron chi connectivity index (χ3n) is 10.2. The summed E-state index contributed by atoms with van der Waals surface area (Å²) in [5, 5.41) is 22.9. The summed E-state index contributed by atoms with van der Waals surface area (Å²) in [6.45, 7) is 4.80. The Morgan fingerprint density at radius 3 is 1.37 bits per heavy atom. The number of rotatable bonds is 41. The van der Waals surface area contributed by atoms with Gasteiger partial charge in [-0.15, -0.1) is 0 Å². The van der Waals surface area contributed by atoms with Gasteiger partial charge in [0.05, 0.1) is 25.4 Å². The van der Waals surface area contributed by atoms with Crippen molar-refractivity contribution < 1.29 is 24.5 Å². The SMILES string of the molecule is CCCCCCCCC/C=C\CCCCCCCC(=O)OCCCCCCCCCCCC(=O)NC(CO)C(O)/C=C/CCCCCCCCCC. The lowest BCUT2D eigenvalue weighted by Gasteiger charge is -2.20. The van der Waals surface area contributed by atoms with Crippen LogP contribution in [0.4, 0.5) is 0 Å². The number of esters is 1. The molecule has 3 N–H and O–H groups in total. The van der Waals surface area contributed by atoms with Gasteiger partial charge in [-0.25, -0.2) is 0 Å². The van der Waals surface area contributed by atoms with Gasteiger partial charge in [0.2, 0.25) is 5.91 Å². The normalized spacial score (nSPS) is 12.9. The number of aliphatic hydroxyl groups is 2. The van der Waals surface area contributed by atoms with Crippen LogP contribution in [0, 0.1) is 0 Å². The molecule has 2 unspecified atom stereocenters. The zero-order chi connectivity index (χ0) is 38.0. The Balaban J connectivity index is 3.51. The monoisotopic (exact) mass is 734 g/mol. The van der Waals surface area contributed by atoms with E-state index in [0.29, 0.717) is 19.4 Å². The first-order valence-electron chi connectivity index (χ1n) is 22.6. The van der Waals surface area contributed by atoms with E-state index in [1.165, 1.54) is 148 Å². The van der Waals surface area contributed by atoms with E-state index in [4.69, 9.17) is 4.74 Å². The van der Waals surface area contributed by atoms with Gasteiger partial charge in [0.15, 0.2) is 0 Å². The Morgan fingerprint density at radius 2 is 0.904 bits per heavy atom. The molecule has 6 nitrogen and oxygen atoms in total. The predicted molar refractivity (Wildman–Crippen MR) is 223 cm³/mol. The van der Waals surface area contributed by atoms with Crippen molar-refractivity contribution >= 4 is 11.9 Å². The zero-order valence-electron chi connectivity index (χ0n) is 34.5. The number of amides is 1. The number of carbonyl (C=O) groups is 2. The van der Waals surface area contributed by atoms with Crippen LogP contribution in [-0.2, 0) is 14.3 Å². The largest absolute Gasteiger partial charge is 0.466 e. The molecule has 0 aromatic carbocycles. The average molecular weight is 734 g/mol. The summed E-state index contributed by atoms with van der Waals surface area (Å²) in [7, 11) is 0. The van der Waals surface area contributed by atoms with Crippen LogP contribution in [0.15, 0.2) is 24.3 Å². The number of aliphatic hydroxyl groups excluding tert-OH is 2. The summed E-state index contributed by atoms with van der Waals surface area (Å²) < 4.78 is 5.44. The minimum atomic E-state index is -0.859. The van der Waals surface area contributed by atoms with E-state index in [0.717, 1.165) is 57.8 Å². The summed E-state index contributed by atoms with van der Waals surface area (Å²) in [5.74, 6) is -0.135. The molecule has 52 heavy (non-hydrogen) atoms. The summed E-state index contributed by atoms with van der Waals surface area (Å²) in [4.78, 5) is 24.4. The topological polar surface area (TPSA) is 95.9 Å². The molecule has 6 heteroatoms. The number of carbonyl (C=O) groups excluding carboxylic acids is 2. The smallest absolute Gasteiger partial charge is 0.305 e. The molecule has 0 aliphatic rings.